The van der Waals surface area contributed by atoms with Crippen molar-refractivity contribution in [1.29, 1.82) is 0 Å². The molecule has 1 aliphatic rings. The lowest BCUT2D eigenvalue weighted by Crippen LogP contribution is -1.89. The van der Waals surface area contributed by atoms with Crippen molar-refractivity contribution in [2.75, 3.05) is 0 Å². The summed E-state index contributed by atoms with van der Waals surface area (Å²) >= 11 is 0. The second-order valence-corrected chi connectivity index (χ2v) is 3.53. The summed E-state index contributed by atoms with van der Waals surface area (Å²) in [5.74, 6) is 0. The number of benzene rings is 1. The van der Waals surface area contributed by atoms with Gasteiger partial charge in [0.05, 0.1) is 5.69 Å². The van der Waals surface area contributed by atoms with Crippen LogP contribution in [-0.4, -0.2) is 4.57 Å². The molecule has 1 heteroatoms. The van der Waals surface area contributed by atoms with Gasteiger partial charge in [-0.1, -0.05) is 36.4 Å². The molecule has 0 amide bonds. The lowest BCUT2D eigenvalue weighted by Gasteiger charge is -2.03. The SMILES string of the molecule is C1=Cn2c(ccc2-c2ccccc2)C1. The minimum atomic E-state index is 1.06. The minimum Gasteiger partial charge on any atom is -0.320 e. The molecule has 0 N–H and O–H groups in total. The number of fused-ring (bicyclic) bond motifs is 1. The fraction of sp³-hybridized carbons (Fsp3) is 0.0769. The van der Waals surface area contributed by atoms with E-state index in [1.807, 2.05) is 6.07 Å². The van der Waals surface area contributed by atoms with Gasteiger partial charge in [0.1, 0.15) is 0 Å². The lowest BCUT2D eigenvalue weighted by molar-refractivity contribution is 1.09. The third kappa shape index (κ3) is 1.02. The van der Waals surface area contributed by atoms with Crippen LogP contribution in [0.5, 0.6) is 0 Å². The van der Waals surface area contributed by atoms with E-state index in [1.54, 1.807) is 0 Å². The molecule has 0 atom stereocenters. The average molecular weight is 181 g/mol. The van der Waals surface area contributed by atoms with Crippen LogP contribution in [0.25, 0.3) is 17.5 Å². The van der Waals surface area contributed by atoms with Gasteiger partial charge in [0.15, 0.2) is 0 Å². The number of rotatable bonds is 1. The van der Waals surface area contributed by atoms with Crippen LogP contribution in [0, 0.1) is 0 Å². The predicted molar refractivity (Wildman–Crippen MR) is 58.9 cm³/mol. The van der Waals surface area contributed by atoms with Crippen LogP contribution in [0.4, 0.5) is 0 Å². The maximum Gasteiger partial charge on any atom is 0.0525 e. The van der Waals surface area contributed by atoms with Gasteiger partial charge in [-0.15, -0.1) is 0 Å². The molecule has 0 unspecified atom stereocenters. The molecule has 0 bridgehead atoms. The Balaban J connectivity index is 2.18. The van der Waals surface area contributed by atoms with Crippen LogP contribution < -0.4 is 0 Å². The Kier molecular flexibility index (Phi) is 1.57. The smallest absolute Gasteiger partial charge is 0.0525 e. The Morgan fingerprint density at radius 3 is 2.64 bits per heavy atom. The van der Waals surface area contributed by atoms with Crippen LogP contribution in [0.15, 0.2) is 48.5 Å². The lowest BCUT2D eigenvalue weighted by atomic mass is 10.1. The molecule has 0 saturated carbocycles. The topological polar surface area (TPSA) is 4.93 Å². The largest absolute Gasteiger partial charge is 0.320 e. The van der Waals surface area contributed by atoms with Gasteiger partial charge in [-0.2, -0.15) is 0 Å². The molecular formula is C13H11N. The van der Waals surface area contributed by atoms with Crippen molar-refractivity contribution in [2.24, 2.45) is 0 Å². The summed E-state index contributed by atoms with van der Waals surface area (Å²) in [7, 11) is 0. The van der Waals surface area contributed by atoms with E-state index in [4.69, 9.17) is 0 Å². The normalized spacial score (nSPS) is 13.1. The van der Waals surface area contributed by atoms with Gasteiger partial charge in [0.2, 0.25) is 0 Å². The standard InChI is InChI=1S/C13H11N/c1-2-5-11(6-3-1)13-9-8-12-7-4-10-14(12)13/h1-6,8-10H,7H2. The Morgan fingerprint density at radius 2 is 1.79 bits per heavy atom. The first kappa shape index (κ1) is 7.63. The summed E-state index contributed by atoms with van der Waals surface area (Å²) in [5.41, 5.74) is 3.95. The van der Waals surface area contributed by atoms with Crippen molar-refractivity contribution >= 4 is 6.20 Å². The minimum absolute atomic E-state index is 1.06. The Bertz CT molecular complexity index is 477. The summed E-state index contributed by atoms with van der Waals surface area (Å²) in [4.78, 5) is 0. The second kappa shape index (κ2) is 2.88. The van der Waals surface area contributed by atoms with Gasteiger partial charge in [-0.25, -0.2) is 0 Å². The Morgan fingerprint density at radius 1 is 0.929 bits per heavy atom. The van der Waals surface area contributed by atoms with Crippen molar-refractivity contribution in [3.05, 3.63) is 54.2 Å². The summed E-state index contributed by atoms with van der Waals surface area (Å²) in [6.45, 7) is 0. The first-order chi connectivity index (χ1) is 6.95. The number of allylic oxidation sites excluding steroid dienone is 1. The van der Waals surface area contributed by atoms with Gasteiger partial charge in [-0.05, 0) is 17.7 Å². The predicted octanol–water partition coefficient (Wildman–Crippen LogP) is 3.18. The molecule has 1 aromatic carbocycles. The number of hydrogen-bond acceptors (Lipinski definition) is 0. The molecule has 14 heavy (non-hydrogen) atoms. The molecule has 0 fully saturated rings. The maximum atomic E-state index is 2.26. The zero-order chi connectivity index (χ0) is 9.38. The van der Waals surface area contributed by atoms with Crippen LogP contribution in [-0.2, 0) is 6.42 Å². The van der Waals surface area contributed by atoms with E-state index >= 15 is 0 Å². The Labute approximate surface area is 83.3 Å². The van der Waals surface area contributed by atoms with Crippen molar-refractivity contribution < 1.29 is 0 Å². The van der Waals surface area contributed by atoms with Gasteiger partial charge in [-0.3, -0.25) is 0 Å². The zero-order valence-corrected chi connectivity index (χ0v) is 7.85. The third-order valence-corrected chi connectivity index (χ3v) is 2.65. The molecular weight excluding hydrogens is 170 g/mol. The fourth-order valence-electron chi connectivity index (χ4n) is 1.96. The first-order valence-corrected chi connectivity index (χ1v) is 4.87. The van der Waals surface area contributed by atoms with Gasteiger partial charge < -0.3 is 4.57 Å². The van der Waals surface area contributed by atoms with E-state index in [1.165, 1.54) is 17.0 Å². The van der Waals surface area contributed by atoms with Gasteiger partial charge >= 0.3 is 0 Å². The second-order valence-electron chi connectivity index (χ2n) is 3.53. The molecule has 3 rings (SSSR count). The van der Waals surface area contributed by atoms with Crippen molar-refractivity contribution in [3.8, 4) is 11.3 Å². The highest BCUT2D eigenvalue weighted by molar-refractivity contribution is 5.65. The number of hydrogen-bond donors (Lipinski definition) is 0. The molecule has 0 radical (unpaired) electrons. The quantitative estimate of drug-likeness (QED) is 0.636. The summed E-state index contributed by atoms with van der Waals surface area (Å²) < 4.78 is 2.26. The molecule has 68 valence electrons. The summed E-state index contributed by atoms with van der Waals surface area (Å²) in [6, 6.07) is 14.9. The molecule has 1 aliphatic heterocycles. The van der Waals surface area contributed by atoms with Gasteiger partial charge in [0.25, 0.3) is 0 Å². The van der Waals surface area contributed by atoms with E-state index in [0.29, 0.717) is 0 Å². The van der Waals surface area contributed by atoms with E-state index in [9.17, 15) is 0 Å². The van der Waals surface area contributed by atoms with E-state index in [2.05, 4.69) is 53.2 Å². The number of aromatic nitrogens is 1. The van der Waals surface area contributed by atoms with Crippen molar-refractivity contribution in [3.63, 3.8) is 0 Å². The molecule has 2 aromatic rings. The van der Waals surface area contributed by atoms with Gasteiger partial charge in [0, 0.05) is 18.3 Å². The third-order valence-electron chi connectivity index (χ3n) is 2.65. The van der Waals surface area contributed by atoms with Crippen LogP contribution in [0.3, 0.4) is 0 Å². The van der Waals surface area contributed by atoms with E-state index < -0.39 is 0 Å². The first-order valence-electron chi connectivity index (χ1n) is 4.87. The zero-order valence-electron chi connectivity index (χ0n) is 7.85. The monoisotopic (exact) mass is 181 g/mol. The highest BCUT2D eigenvalue weighted by atomic mass is 15.0. The van der Waals surface area contributed by atoms with Crippen molar-refractivity contribution in [1.82, 2.24) is 4.57 Å². The molecule has 0 aliphatic carbocycles. The van der Waals surface area contributed by atoms with Crippen LogP contribution in [0.2, 0.25) is 0 Å². The summed E-state index contributed by atoms with van der Waals surface area (Å²) in [6.07, 6.45) is 5.41. The molecule has 0 spiro atoms. The molecule has 2 heterocycles. The maximum absolute atomic E-state index is 2.26. The fourth-order valence-corrected chi connectivity index (χ4v) is 1.96. The summed E-state index contributed by atoms with van der Waals surface area (Å²) in [5, 5.41) is 0. The number of nitrogens with zero attached hydrogens (tertiary/aromatic N) is 1. The van der Waals surface area contributed by atoms with Crippen molar-refractivity contribution in [2.45, 2.75) is 6.42 Å². The molecule has 1 aromatic heterocycles. The van der Waals surface area contributed by atoms with Crippen LogP contribution in [0.1, 0.15) is 5.69 Å². The van der Waals surface area contributed by atoms with E-state index in [0.717, 1.165) is 6.42 Å². The highest BCUT2D eigenvalue weighted by Crippen LogP contribution is 2.25. The highest BCUT2D eigenvalue weighted by Gasteiger charge is 2.09. The average Bonchev–Trinajstić information content (AvgIpc) is 2.79. The van der Waals surface area contributed by atoms with E-state index in [-0.39, 0.29) is 0 Å². The Hall–Kier alpha value is -1.76. The molecule has 0 saturated heterocycles. The van der Waals surface area contributed by atoms with Crippen LogP contribution >= 0.6 is 0 Å². The molecule has 1 nitrogen and oxygen atoms in total.